The maximum atomic E-state index is 16.3. The highest BCUT2D eigenvalue weighted by atomic mass is 31.2. The van der Waals surface area contributed by atoms with E-state index in [1.165, 1.54) is 83.4 Å². The minimum absolute atomic E-state index is 0.0626. The molecule has 13 nitrogen and oxygen atoms in total. The summed E-state index contributed by atoms with van der Waals surface area (Å²) >= 11 is 0. The van der Waals surface area contributed by atoms with Crippen molar-refractivity contribution >= 4 is 33.1 Å². The van der Waals surface area contributed by atoms with Crippen molar-refractivity contribution in [3.8, 4) is 11.1 Å². The summed E-state index contributed by atoms with van der Waals surface area (Å²) in [5.41, 5.74) is -4.39. The molecule has 1 unspecified atom stereocenters. The van der Waals surface area contributed by atoms with E-state index >= 15 is 13.2 Å². The highest BCUT2D eigenvalue weighted by Crippen LogP contribution is 2.60. The third-order valence-electron chi connectivity index (χ3n) is 7.30. The lowest BCUT2D eigenvalue weighted by Crippen LogP contribution is -2.42. The molecular formula is C39H53F4N5O8P2. The minimum Gasteiger partial charge on any atom is -0.346 e. The van der Waals surface area contributed by atoms with E-state index in [0.29, 0.717) is 0 Å². The quantitative estimate of drug-likeness (QED) is 0.0921. The number of anilines is 1. The zero-order valence-electron chi connectivity index (χ0n) is 35.0. The molecule has 2 heterocycles. The Hall–Kier alpha value is -3.69. The number of amides is 1. The Labute approximate surface area is 336 Å². The molecule has 0 bridgehead atoms. The Kier molecular flexibility index (Phi) is 13.6. The van der Waals surface area contributed by atoms with Gasteiger partial charge in [0.15, 0.2) is 11.8 Å². The molecule has 0 radical (unpaired) electrons. The Morgan fingerprint density at radius 3 is 1.84 bits per heavy atom. The number of phosphoric ester groups is 1. The van der Waals surface area contributed by atoms with Crippen molar-refractivity contribution in [2.45, 2.75) is 124 Å². The molecule has 0 saturated heterocycles. The lowest BCUT2D eigenvalue weighted by molar-refractivity contribution is -0.116. The van der Waals surface area contributed by atoms with Crippen molar-refractivity contribution in [3.63, 3.8) is 0 Å². The van der Waals surface area contributed by atoms with E-state index in [1.54, 1.807) is 41.5 Å². The molecule has 320 valence electrons. The smallest absolute Gasteiger partial charge is 0.346 e. The summed E-state index contributed by atoms with van der Waals surface area (Å²) in [5, 5.41) is 9.04. The van der Waals surface area contributed by atoms with Crippen LogP contribution in [0.15, 0.2) is 54.7 Å². The number of carbonyl (C=O) groups excluding carboxylic acids is 1. The molecule has 2 aromatic heterocycles. The van der Waals surface area contributed by atoms with Gasteiger partial charge in [0.2, 0.25) is 0 Å². The number of benzene rings is 2. The summed E-state index contributed by atoms with van der Waals surface area (Å²) in [6.45, 7) is 19.4. The number of fused-ring (bicyclic) bond motifs is 1. The Bertz CT molecular complexity index is 2170. The molecule has 0 aliphatic carbocycles. The molecule has 4 rings (SSSR count). The molecule has 0 spiro atoms. The van der Waals surface area contributed by atoms with Gasteiger partial charge in [-0.15, -0.1) is 5.10 Å². The fourth-order valence-corrected chi connectivity index (χ4v) is 9.35. The number of pyridine rings is 1. The van der Waals surface area contributed by atoms with Crippen molar-refractivity contribution in [2.75, 3.05) is 11.6 Å². The van der Waals surface area contributed by atoms with Crippen LogP contribution >= 0.6 is 15.6 Å². The molecule has 0 fully saturated rings. The number of phosphoric acid groups is 1. The monoisotopic (exact) mass is 857 g/mol. The maximum absolute atomic E-state index is 16.3. The molecular weight excluding hydrogens is 804 g/mol. The summed E-state index contributed by atoms with van der Waals surface area (Å²) in [6.07, 6.45) is -0.923. The molecule has 2 N–H and O–H groups in total. The molecule has 19 heteroatoms. The third-order valence-corrected chi connectivity index (χ3v) is 11.4. The summed E-state index contributed by atoms with van der Waals surface area (Å²) in [6, 6.07) is 9.69. The van der Waals surface area contributed by atoms with E-state index in [2.05, 4.69) is 20.5 Å². The second-order valence-electron chi connectivity index (χ2n) is 17.6. The van der Waals surface area contributed by atoms with Crippen LogP contribution in [0.5, 0.6) is 0 Å². The SMILES string of the molecule is Cc1ccc(-c2ccn3nc(NP(=O)(OC(C)(C)C)OC(C)(C)C)nc3c2)c(F)c1C(=O)NCC(F)(F)C(OP(=O)(OC(C)(C)C)OC(C)(C)C)c1ccc(F)cc1. The van der Waals surface area contributed by atoms with Gasteiger partial charge in [0.05, 0.1) is 34.5 Å². The van der Waals surface area contributed by atoms with E-state index in [9.17, 15) is 18.3 Å². The molecule has 1 atom stereocenters. The van der Waals surface area contributed by atoms with Gasteiger partial charge in [-0.05, 0) is 131 Å². The van der Waals surface area contributed by atoms with Crippen LogP contribution in [0.4, 0.5) is 23.5 Å². The van der Waals surface area contributed by atoms with Gasteiger partial charge in [-0.2, -0.15) is 4.98 Å². The van der Waals surface area contributed by atoms with E-state index in [4.69, 9.17) is 22.6 Å². The van der Waals surface area contributed by atoms with Gasteiger partial charge in [0.1, 0.15) is 11.6 Å². The molecule has 0 saturated carbocycles. The number of aromatic nitrogens is 3. The summed E-state index contributed by atoms with van der Waals surface area (Å²) < 4.78 is 120. The van der Waals surface area contributed by atoms with Gasteiger partial charge < -0.3 is 5.32 Å². The summed E-state index contributed by atoms with van der Waals surface area (Å²) in [5.74, 6) is -7.07. The first-order valence-electron chi connectivity index (χ1n) is 18.3. The highest BCUT2D eigenvalue weighted by molar-refractivity contribution is 7.55. The fraction of sp³-hybridized carbons (Fsp3) is 0.513. The number of aryl methyl sites for hydroxylation is 1. The average Bonchev–Trinajstić information content (AvgIpc) is 3.40. The number of alkyl halides is 2. The first kappa shape index (κ1) is 47.0. The van der Waals surface area contributed by atoms with Crippen molar-refractivity contribution in [3.05, 3.63) is 83.1 Å². The predicted molar refractivity (Wildman–Crippen MR) is 213 cm³/mol. The number of nitrogens with one attached hydrogen (secondary N) is 2. The van der Waals surface area contributed by atoms with Crippen molar-refractivity contribution in [1.29, 1.82) is 0 Å². The Morgan fingerprint density at radius 1 is 0.793 bits per heavy atom. The van der Waals surface area contributed by atoms with E-state index in [1.807, 2.05) is 0 Å². The van der Waals surface area contributed by atoms with E-state index < -0.39 is 79.6 Å². The fourth-order valence-electron chi connectivity index (χ4n) is 5.44. The van der Waals surface area contributed by atoms with Gasteiger partial charge in [0, 0.05) is 11.8 Å². The zero-order chi connectivity index (χ0) is 43.9. The van der Waals surface area contributed by atoms with Crippen molar-refractivity contribution in [1.82, 2.24) is 19.9 Å². The van der Waals surface area contributed by atoms with Crippen LogP contribution in [0.3, 0.4) is 0 Å². The lowest BCUT2D eigenvalue weighted by atomic mass is 9.98. The highest BCUT2D eigenvalue weighted by Gasteiger charge is 2.49. The normalized spacial score (nSPS) is 14.2. The van der Waals surface area contributed by atoms with Crippen LogP contribution < -0.4 is 10.4 Å². The molecule has 1 amide bonds. The lowest BCUT2D eigenvalue weighted by Gasteiger charge is -2.35. The second-order valence-corrected chi connectivity index (χ2v) is 20.7. The summed E-state index contributed by atoms with van der Waals surface area (Å²) in [7, 11) is -8.79. The standard InChI is InChI=1S/C39H53F4N5O8P2/c1-24-14-19-28(26-20-21-48-29(22-26)45-34(46-48)47-57(50,53-35(2,3)4)54-36(5,6)7)31(41)30(24)33(49)44-23-39(42,43)32(25-15-17-27(40)18-16-25)52-58(51,55-37(8,9)10)56-38(11,12)13/h14-22,32H,23H2,1-13H3,(H,44,49)(H,46,47,50). The first-order chi connectivity index (χ1) is 26.3. The first-order valence-corrected chi connectivity index (χ1v) is 21.3. The number of nitrogens with zero attached hydrogens (tertiary/aromatic N) is 3. The van der Waals surface area contributed by atoms with Gasteiger partial charge in [0.25, 0.3) is 17.8 Å². The minimum atomic E-state index is -4.79. The number of rotatable bonds is 14. The van der Waals surface area contributed by atoms with Crippen molar-refractivity contribution < 1.29 is 54.1 Å². The number of hydrogen-bond acceptors (Lipinski definition) is 10. The molecule has 58 heavy (non-hydrogen) atoms. The number of carbonyl (C=O) groups is 1. The van der Waals surface area contributed by atoms with E-state index in [0.717, 1.165) is 24.3 Å². The van der Waals surface area contributed by atoms with Crippen molar-refractivity contribution in [2.24, 2.45) is 0 Å². The number of halogens is 4. The molecule has 0 aliphatic rings. The van der Waals surface area contributed by atoms with Gasteiger partial charge in [-0.25, -0.2) is 31.2 Å². The van der Waals surface area contributed by atoms with Gasteiger partial charge in [-0.1, -0.05) is 24.3 Å². The molecule has 0 aliphatic heterocycles. The van der Waals surface area contributed by atoms with Crippen LogP contribution in [0.25, 0.3) is 16.8 Å². The largest absolute Gasteiger partial charge is 0.476 e. The maximum Gasteiger partial charge on any atom is 0.476 e. The van der Waals surface area contributed by atoms with Crippen LogP contribution in [-0.2, 0) is 31.7 Å². The Balaban J connectivity index is 1.64. The third kappa shape index (κ3) is 13.2. The second kappa shape index (κ2) is 16.8. The van der Waals surface area contributed by atoms with Gasteiger partial charge >= 0.3 is 15.6 Å². The topological polar surface area (TPSA) is 152 Å². The van der Waals surface area contributed by atoms with Gasteiger partial charge in [-0.3, -0.25) is 32.5 Å². The number of hydrogen-bond donors (Lipinski definition) is 2. The van der Waals surface area contributed by atoms with Crippen LogP contribution in [0, 0.1) is 18.6 Å². The van der Waals surface area contributed by atoms with Crippen LogP contribution in [-0.4, -0.2) is 55.4 Å². The van der Waals surface area contributed by atoms with Crippen LogP contribution in [0.1, 0.15) is 111 Å². The molecule has 2 aromatic carbocycles. The summed E-state index contributed by atoms with van der Waals surface area (Å²) in [4.78, 5) is 17.9. The van der Waals surface area contributed by atoms with Crippen LogP contribution in [0.2, 0.25) is 0 Å². The molecule has 4 aromatic rings. The predicted octanol–water partition coefficient (Wildman–Crippen LogP) is 11.0. The Morgan fingerprint density at radius 2 is 1.33 bits per heavy atom. The van der Waals surface area contributed by atoms with E-state index in [-0.39, 0.29) is 33.8 Å². The average molecular weight is 858 g/mol. The zero-order valence-corrected chi connectivity index (χ0v) is 36.8.